The molecule has 0 unspecified atom stereocenters. The predicted octanol–water partition coefficient (Wildman–Crippen LogP) is 2.52. The Morgan fingerprint density at radius 1 is 1.23 bits per heavy atom. The number of ether oxygens (including phenoxy) is 1. The van der Waals surface area contributed by atoms with E-state index in [-0.39, 0.29) is 33.0 Å². The molecule has 1 aromatic carbocycles. The molecule has 0 bridgehead atoms. The van der Waals surface area contributed by atoms with Crippen LogP contribution in [0.2, 0.25) is 0 Å². The Bertz CT molecular complexity index is 1590. The second-order valence-corrected chi connectivity index (χ2v) is 8.55. The molecule has 0 saturated heterocycles. The van der Waals surface area contributed by atoms with Crippen LogP contribution >= 0.6 is 11.3 Å². The number of furan rings is 1. The molecule has 1 atom stereocenters. The van der Waals surface area contributed by atoms with Crippen molar-refractivity contribution >= 4 is 35.0 Å². The number of aryl methyl sites for hydroxylation is 1. The first kappa shape index (κ1) is 23.8. The summed E-state index contributed by atoms with van der Waals surface area (Å²) in [4.78, 5) is 52.2. The summed E-state index contributed by atoms with van der Waals surface area (Å²) in [6.07, 6.45) is 1.34. The molecule has 0 saturated carbocycles. The van der Waals surface area contributed by atoms with Crippen LogP contribution in [-0.2, 0) is 9.53 Å². The van der Waals surface area contributed by atoms with E-state index in [9.17, 15) is 29.8 Å². The number of nitrogens with zero attached hydrogens (tertiary/aromatic N) is 4. The SMILES string of the molecule is CCOC(=O)C1=C(C)N=c2s/c(=C/c3ccc([N+](=O)[O-])o3)c(=O)n2[C@H]1c1ccc(C)c([N+](=O)[O-])c1. The van der Waals surface area contributed by atoms with Crippen LogP contribution in [0.5, 0.6) is 0 Å². The summed E-state index contributed by atoms with van der Waals surface area (Å²) in [6.45, 7) is 4.90. The number of benzene rings is 1. The topological polar surface area (TPSA) is 160 Å². The number of carbonyl (C=O) groups is 1. The summed E-state index contributed by atoms with van der Waals surface area (Å²) < 4.78 is 11.7. The van der Waals surface area contributed by atoms with Gasteiger partial charge in [0.2, 0.25) is 0 Å². The molecule has 0 fully saturated rings. The van der Waals surface area contributed by atoms with E-state index in [0.29, 0.717) is 16.8 Å². The minimum absolute atomic E-state index is 0.0811. The van der Waals surface area contributed by atoms with Gasteiger partial charge in [0.25, 0.3) is 11.2 Å². The van der Waals surface area contributed by atoms with E-state index in [1.165, 1.54) is 28.8 Å². The Balaban J connectivity index is 1.97. The quantitative estimate of drug-likeness (QED) is 0.285. The molecule has 180 valence electrons. The number of allylic oxidation sites excluding steroid dienone is 1. The largest absolute Gasteiger partial charge is 0.463 e. The molecule has 0 radical (unpaired) electrons. The van der Waals surface area contributed by atoms with E-state index in [2.05, 4.69) is 4.99 Å². The Morgan fingerprint density at radius 3 is 2.60 bits per heavy atom. The molecule has 3 heterocycles. The molecule has 0 aliphatic carbocycles. The molecule has 1 aliphatic heterocycles. The Labute approximate surface area is 200 Å². The number of nitro benzene ring substituents is 1. The third-order valence-corrected chi connectivity index (χ3v) is 6.31. The Morgan fingerprint density at radius 2 is 1.97 bits per heavy atom. The van der Waals surface area contributed by atoms with Gasteiger partial charge < -0.3 is 9.15 Å². The average molecular weight is 498 g/mol. The van der Waals surface area contributed by atoms with Crippen molar-refractivity contribution in [3.05, 3.63) is 98.4 Å². The van der Waals surface area contributed by atoms with Gasteiger partial charge in [-0.1, -0.05) is 23.5 Å². The number of rotatable bonds is 6. The first-order valence-corrected chi connectivity index (χ1v) is 11.1. The van der Waals surface area contributed by atoms with Gasteiger partial charge in [-0.2, -0.15) is 0 Å². The zero-order valence-electron chi connectivity index (χ0n) is 18.7. The zero-order chi connectivity index (χ0) is 25.4. The number of thiazole rings is 1. The molecule has 12 nitrogen and oxygen atoms in total. The number of nitro groups is 2. The van der Waals surface area contributed by atoms with Crippen molar-refractivity contribution in [2.75, 3.05) is 6.61 Å². The van der Waals surface area contributed by atoms with Crippen LogP contribution in [0.25, 0.3) is 6.08 Å². The third-order valence-electron chi connectivity index (χ3n) is 5.33. The maximum atomic E-state index is 13.5. The van der Waals surface area contributed by atoms with Crippen molar-refractivity contribution in [3.63, 3.8) is 0 Å². The molecule has 0 spiro atoms. The Hall–Kier alpha value is -4.39. The summed E-state index contributed by atoms with van der Waals surface area (Å²) >= 11 is 0.996. The van der Waals surface area contributed by atoms with Crippen LogP contribution in [0.1, 0.15) is 36.8 Å². The van der Waals surface area contributed by atoms with Crippen LogP contribution < -0.4 is 14.9 Å². The predicted molar refractivity (Wildman–Crippen MR) is 124 cm³/mol. The number of esters is 1. The van der Waals surface area contributed by atoms with Crippen molar-refractivity contribution in [3.8, 4) is 0 Å². The Kier molecular flexibility index (Phi) is 6.18. The average Bonchev–Trinajstić information content (AvgIpc) is 3.38. The summed E-state index contributed by atoms with van der Waals surface area (Å²) in [5.41, 5.74) is 0.432. The minimum atomic E-state index is -1.03. The molecule has 3 aromatic rings. The highest BCUT2D eigenvalue weighted by atomic mass is 32.1. The van der Waals surface area contributed by atoms with Gasteiger partial charge in [0, 0.05) is 17.7 Å². The molecule has 0 N–H and O–H groups in total. The van der Waals surface area contributed by atoms with Crippen molar-refractivity contribution < 1.29 is 23.8 Å². The molecule has 13 heteroatoms. The van der Waals surface area contributed by atoms with E-state index < -0.39 is 33.3 Å². The van der Waals surface area contributed by atoms with Crippen LogP contribution in [0, 0.1) is 27.2 Å². The van der Waals surface area contributed by atoms with Crippen molar-refractivity contribution in [1.82, 2.24) is 4.57 Å². The van der Waals surface area contributed by atoms with Gasteiger partial charge in [0.15, 0.2) is 4.80 Å². The molecule has 35 heavy (non-hydrogen) atoms. The van der Waals surface area contributed by atoms with E-state index in [1.54, 1.807) is 32.9 Å². The van der Waals surface area contributed by atoms with Gasteiger partial charge in [-0.3, -0.25) is 29.6 Å². The van der Waals surface area contributed by atoms with Gasteiger partial charge in [-0.15, -0.1) is 0 Å². The van der Waals surface area contributed by atoms with Gasteiger partial charge in [-0.25, -0.2) is 9.79 Å². The smallest absolute Gasteiger partial charge is 0.433 e. The highest BCUT2D eigenvalue weighted by molar-refractivity contribution is 7.07. The lowest BCUT2D eigenvalue weighted by atomic mass is 9.94. The van der Waals surface area contributed by atoms with Gasteiger partial charge in [0.1, 0.15) is 10.7 Å². The molecule has 4 rings (SSSR count). The minimum Gasteiger partial charge on any atom is -0.463 e. The fourth-order valence-corrected chi connectivity index (χ4v) is 4.77. The molecule has 2 aromatic heterocycles. The molecular formula is C22H18N4O8S. The number of hydrogen-bond acceptors (Lipinski definition) is 10. The highest BCUT2D eigenvalue weighted by Crippen LogP contribution is 2.33. The van der Waals surface area contributed by atoms with Crippen molar-refractivity contribution in [2.45, 2.75) is 26.8 Å². The standard InChI is InChI=1S/C22H18N4O8S/c1-4-33-21(28)18-12(3)23-22-24(19(18)13-6-5-11(2)15(9-13)25(29)30)20(27)16(35-22)10-14-7-8-17(34-14)26(31)32/h5-10,19H,4H2,1-3H3/b16-10+/t19-/m0/s1. The maximum Gasteiger partial charge on any atom is 0.433 e. The maximum absolute atomic E-state index is 13.5. The first-order chi connectivity index (χ1) is 16.6. The summed E-state index contributed by atoms with van der Waals surface area (Å²) in [6, 6.07) is 5.97. The highest BCUT2D eigenvalue weighted by Gasteiger charge is 2.34. The van der Waals surface area contributed by atoms with E-state index in [0.717, 1.165) is 11.3 Å². The van der Waals surface area contributed by atoms with Crippen LogP contribution in [0.4, 0.5) is 11.6 Å². The van der Waals surface area contributed by atoms with Crippen molar-refractivity contribution in [1.29, 1.82) is 0 Å². The van der Waals surface area contributed by atoms with Crippen LogP contribution in [-0.4, -0.2) is 27.0 Å². The lowest BCUT2D eigenvalue weighted by Crippen LogP contribution is -2.40. The number of hydrogen-bond donors (Lipinski definition) is 0. The van der Waals surface area contributed by atoms with Gasteiger partial charge in [-0.05, 0) is 32.4 Å². The molecule has 1 aliphatic rings. The summed E-state index contributed by atoms with van der Waals surface area (Å²) in [5, 5.41) is 22.5. The fourth-order valence-electron chi connectivity index (χ4n) is 3.75. The lowest BCUT2D eigenvalue weighted by Gasteiger charge is -2.24. The zero-order valence-corrected chi connectivity index (χ0v) is 19.5. The molecular weight excluding hydrogens is 480 g/mol. The second-order valence-electron chi connectivity index (χ2n) is 7.54. The molecule has 0 amide bonds. The van der Waals surface area contributed by atoms with Gasteiger partial charge in [0.05, 0.1) is 39.4 Å². The summed E-state index contributed by atoms with van der Waals surface area (Å²) in [7, 11) is 0. The van der Waals surface area contributed by atoms with Crippen LogP contribution in [0.3, 0.4) is 0 Å². The second kappa shape index (κ2) is 9.10. The first-order valence-electron chi connectivity index (χ1n) is 10.3. The summed E-state index contributed by atoms with van der Waals surface area (Å²) in [5.74, 6) is -1.09. The van der Waals surface area contributed by atoms with E-state index in [4.69, 9.17) is 9.15 Å². The van der Waals surface area contributed by atoms with E-state index >= 15 is 0 Å². The van der Waals surface area contributed by atoms with Crippen LogP contribution in [0.15, 0.2) is 55.8 Å². The number of fused-ring (bicyclic) bond motifs is 1. The number of carbonyl (C=O) groups excluding carboxylic acids is 1. The monoisotopic (exact) mass is 498 g/mol. The normalized spacial score (nSPS) is 15.5. The van der Waals surface area contributed by atoms with E-state index in [1.807, 2.05) is 0 Å². The third kappa shape index (κ3) is 4.28. The van der Waals surface area contributed by atoms with Gasteiger partial charge >= 0.3 is 11.9 Å². The van der Waals surface area contributed by atoms with Crippen molar-refractivity contribution in [2.24, 2.45) is 4.99 Å². The number of aromatic nitrogens is 1. The lowest BCUT2D eigenvalue weighted by molar-refractivity contribution is -0.402. The fraction of sp³-hybridized carbons (Fsp3) is 0.227.